The molecule has 0 aliphatic carbocycles. The van der Waals surface area contributed by atoms with Crippen molar-refractivity contribution in [1.29, 1.82) is 0 Å². The van der Waals surface area contributed by atoms with Crippen molar-refractivity contribution in [3.8, 4) is 0 Å². The molecule has 1 aliphatic heterocycles. The van der Waals surface area contributed by atoms with Crippen LogP contribution in [-0.2, 0) is 4.74 Å². The zero-order valence-corrected chi connectivity index (χ0v) is 13.5. The number of aliphatic hydroxyl groups excluding tert-OH is 1. The van der Waals surface area contributed by atoms with Gasteiger partial charge in [0.1, 0.15) is 17.4 Å². The molecule has 4 heterocycles. The lowest BCUT2D eigenvalue weighted by Gasteiger charge is -2.29. The molecule has 3 atom stereocenters. The molecule has 0 bridgehead atoms. The zero-order valence-electron chi connectivity index (χ0n) is 12.7. The van der Waals surface area contributed by atoms with E-state index in [1.54, 1.807) is 24.5 Å². The zero-order chi connectivity index (χ0) is 15.3. The minimum atomic E-state index is -0.609. The van der Waals surface area contributed by atoms with Crippen molar-refractivity contribution in [2.75, 3.05) is 6.61 Å². The van der Waals surface area contributed by atoms with Gasteiger partial charge in [-0.3, -0.25) is 4.98 Å². The summed E-state index contributed by atoms with van der Waals surface area (Å²) in [6.45, 7) is 4.55. The highest BCUT2D eigenvalue weighted by Crippen LogP contribution is 2.35. The average Bonchev–Trinajstić information content (AvgIpc) is 3.11. The molecular weight excluding hydrogens is 298 g/mol. The third-order valence-electron chi connectivity index (χ3n) is 4.37. The molecule has 0 aromatic carbocycles. The first-order valence-electron chi connectivity index (χ1n) is 7.69. The number of nitrogens with zero attached hydrogens (tertiary/aromatic N) is 3. The Kier molecular flexibility index (Phi) is 3.40. The Balaban J connectivity index is 1.96. The molecule has 3 unspecified atom stereocenters. The minimum absolute atomic E-state index is 0.221. The number of ether oxygens (including phenoxy) is 1. The summed E-state index contributed by atoms with van der Waals surface area (Å²) >= 11 is 1.67. The van der Waals surface area contributed by atoms with E-state index in [0.717, 1.165) is 34.1 Å². The molecule has 0 saturated carbocycles. The maximum atomic E-state index is 10.2. The highest BCUT2D eigenvalue weighted by Gasteiger charge is 2.27. The van der Waals surface area contributed by atoms with Crippen LogP contribution < -0.4 is 0 Å². The Morgan fingerprint density at radius 3 is 3.00 bits per heavy atom. The number of pyridine rings is 1. The third kappa shape index (κ3) is 2.14. The number of imidazole rings is 1. The van der Waals surface area contributed by atoms with Crippen molar-refractivity contribution in [3.05, 3.63) is 23.5 Å². The first kappa shape index (κ1) is 14.1. The van der Waals surface area contributed by atoms with Crippen LogP contribution in [0.4, 0.5) is 0 Å². The molecule has 1 saturated heterocycles. The molecule has 0 spiro atoms. The van der Waals surface area contributed by atoms with Crippen molar-refractivity contribution in [3.63, 3.8) is 0 Å². The lowest BCUT2D eigenvalue weighted by atomic mass is 10.1. The third-order valence-corrected chi connectivity index (χ3v) is 5.28. The van der Waals surface area contributed by atoms with Gasteiger partial charge in [0.15, 0.2) is 0 Å². The van der Waals surface area contributed by atoms with E-state index in [2.05, 4.69) is 26.8 Å². The first-order chi connectivity index (χ1) is 10.6. The van der Waals surface area contributed by atoms with Gasteiger partial charge in [-0.05, 0) is 38.1 Å². The van der Waals surface area contributed by atoms with Gasteiger partial charge in [0.05, 0.1) is 40.7 Å². The van der Waals surface area contributed by atoms with Crippen molar-refractivity contribution >= 4 is 32.6 Å². The molecule has 22 heavy (non-hydrogen) atoms. The van der Waals surface area contributed by atoms with Gasteiger partial charge in [0, 0.05) is 0 Å². The van der Waals surface area contributed by atoms with Crippen LogP contribution in [0.2, 0.25) is 0 Å². The summed E-state index contributed by atoms with van der Waals surface area (Å²) in [5.74, 6) is 0.709. The number of aromatic nitrogens is 3. The second kappa shape index (κ2) is 5.30. The number of fused-ring (bicyclic) bond motifs is 3. The molecule has 1 N–H and O–H groups in total. The summed E-state index contributed by atoms with van der Waals surface area (Å²) < 4.78 is 9.17. The van der Waals surface area contributed by atoms with Crippen molar-refractivity contribution in [2.45, 2.75) is 44.9 Å². The molecule has 5 nitrogen and oxygen atoms in total. The van der Waals surface area contributed by atoms with Gasteiger partial charge in [-0.1, -0.05) is 0 Å². The molecule has 116 valence electrons. The fraction of sp³-hybridized carbons (Fsp3) is 0.500. The lowest BCUT2D eigenvalue weighted by Crippen LogP contribution is -2.27. The minimum Gasteiger partial charge on any atom is -0.385 e. The average molecular weight is 317 g/mol. The van der Waals surface area contributed by atoms with E-state index in [1.165, 1.54) is 0 Å². The van der Waals surface area contributed by atoms with Gasteiger partial charge in [-0.15, -0.1) is 11.3 Å². The second-order valence-electron chi connectivity index (χ2n) is 6.02. The van der Waals surface area contributed by atoms with Crippen LogP contribution in [0.1, 0.15) is 44.7 Å². The number of hydrogen-bond acceptors (Lipinski definition) is 5. The van der Waals surface area contributed by atoms with Crippen LogP contribution >= 0.6 is 11.3 Å². The van der Waals surface area contributed by atoms with Crippen molar-refractivity contribution < 1.29 is 9.84 Å². The molecule has 0 amide bonds. The topological polar surface area (TPSA) is 60.2 Å². The maximum Gasteiger partial charge on any atom is 0.139 e. The molecule has 0 radical (unpaired) electrons. The normalized spacial score (nSPS) is 24.1. The number of aliphatic hydroxyl groups is 1. The fourth-order valence-corrected chi connectivity index (χ4v) is 4.12. The predicted molar refractivity (Wildman–Crippen MR) is 87.2 cm³/mol. The molecule has 3 aromatic heterocycles. The van der Waals surface area contributed by atoms with Gasteiger partial charge in [-0.2, -0.15) is 0 Å². The van der Waals surface area contributed by atoms with E-state index in [0.29, 0.717) is 18.5 Å². The van der Waals surface area contributed by atoms with Gasteiger partial charge in [-0.25, -0.2) is 4.98 Å². The Morgan fingerprint density at radius 2 is 2.27 bits per heavy atom. The smallest absolute Gasteiger partial charge is 0.139 e. The van der Waals surface area contributed by atoms with E-state index < -0.39 is 6.10 Å². The number of rotatable bonds is 2. The monoisotopic (exact) mass is 317 g/mol. The van der Waals surface area contributed by atoms with Gasteiger partial charge >= 0.3 is 0 Å². The molecular formula is C16H19N3O2S. The van der Waals surface area contributed by atoms with E-state index in [9.17, 15) is 5.11 Å². The summed E-state index contributed by atoms with van der Waals surface area (Å²) in [5, 5.41) is 12.2. The van der Waals surface area contributed by atoms with Gasteiger partial charge < -0.3 is 14.4 Å². The van der Waals surface area contributed by atoms with Crippen LogP contribution in [0.15, 0.2) is 17.6 Å². The van der Waals surface area contributed by atoms with Crippen LogP contribution in [0.25, 0.3) is 21.3 Å². The lowest BCUT2D eigenvalue weighted by molar-refractivity contribution is -0.00176. The maximum absolute atomic E-state index is 10.2. The SMILES string of the molecule is CC1CCC(n2c(C(C)O)nc3cnc4ccsc4c32)CO1. The summed E-state index contributed by atoms with van der Waals surface area (Å²) in [4.78, 5) is 9.10. The number of thiophene rings is 1. The quantitative estimate of drug-likeness (QED) is 0.786. The van der Waals surface area contributed by atoms with E-state index in [4.69, 9.17) is 4.74 Å². The van der Waals surface area contributed by atoms with Gasteiger partial charge in [0.2, 0.25) is 0 Å². The van der Waals surface area contributed by atoms with Crippen LogP contribution in [0.3, 0.4) is 0 Å². The first-order valence-corrected chi connectivity index (χ1v) is 8.57. The van der Waals surface area contributed by atoms with Crippen molar-refractivity contribution in [2.24, 2.45) is 0 Å². The summed E-state index contributed by atoms with van der Waals surface area (Å²) in [6, 6.07) is 2.25. The molecule has 6 heteroatoms. The molecule has 1 aliphatic rings. The fourth-order valence-electron chi connectivity index (χ4n) is 3.23. The number of hydrogen-bond donors (Lipinski definition) is 1. The summed E-state index contributed by atoms with van der Waals surface area (Å²) in [7, 11) is 0. The van der Waals surface area contributed by atoms with E-state index in [1.807, 2.05) is 6.07 Å². The predicted octanol–water partition coefficient (Wildman–Crippen LogP) is 3.44. The molecule has 4 rings (SSSR count). The van der Waals surface area contributed by atoms with Gasteiger partial charge in [0.25, 0.3) is 0 Å². The Labute approximate surface area is 132 Å². The highest BCUT2D eigenvalue weighted by molar-refractivity contribution is 7.18. The standard InChI is InChI=1S/C16H19N3O2S/c1-9-3-4-11(8-21-9)19-14-13(18-16(19)10(2)20)7-17-12-5-6-22-15(12)14/h5-7,9-11,20H,3-4,8H2,1-2H3. The van der Waals surface area contributed by atoms with E-state index >= 15 is 0 Å². The van der Waals surface area contributed by atoms with Crippen molar-refractivity contribution in [1.82, 2.24) is 14.5 Å². The largest absolute Gasteiger partial charge is 0.385 e. The van der Waals surface area contributed by atoms with Crippen LogP contribution in [0.5, 0.6) is 0 Å². The van der Waals surface area contributed by atoms with Crippen LogP contribution in [-0.4, -0.2) is 32.4 Å². The second-order valence-corrected chi connectivity index (χ2v) is 6.93. The summed E-state index contributed by atoms with van der Waals surface area (Å²) in [5.41, 5.74) is 2.92. The van der Waals surface area contributed by atoms with E-state index in [-0.39, 0.29) is 6.04 Å². The molecule has 3 aromatic rings. The molecule has 1 fully saturated rings. The Hall–Kier alpha value is -1.50. The Bertz CT molecular complexity index is 815. The highest BCUT2D eigenvalue weighted by atomic mass is 32.1. The van der Waals surface area contributed by atoms with Crippen LogP contribution in [0, 0.1) is 0 Å². The Morgan fingerprint density at radius 1 is 1.41 bits per heavy atom. The summed E-state index contributed by atoms with van der Waals surface area (Å²) in [6.07, 6.45) is 3.58.